The summed E-state index contributed by atoms with van der Waals surface area (Å²) in [6, 6.07) is 11.4. The third-order valence-electron chi connectivity index (χ3n) is 6.11. The van der Waals surface area contributed by atoms with Crippen LogP contribution in [0.3, 0.4) is 0 Å². The van der Waals surface area contributed by atoms with E-state index in [4.69, 9.17) is 4.74 Å². The van der Waals surface area contributed by atoms with E-state index in [9.17, 15) is 21.6 Å². The third kappa shape index (κ3) is 6.40. The quantitative estimate of drug-likeness (QED) is 0.452. The number of sulfonamides is 2. The SMILES string of the molecule is CCN(CC)S(=O)(=O)c1ccc(C(=O)NCCCS(=O)(=O)N2CCc3cc(OC)ccc3C2)cc1. The van der Waals surface area contributed by atoms with Gasteiger partial charge in [0.2, 0.25) is 20.0 Å². The fourth-order valence-corrected chi connectivity index (χ4v) is 6.98. The number of nitrogens with one attached hydrogen (secondary N) is 1. The van der Waals surface area contributed by atoms with Crippen LogP contribution in [0.5, 0.6) is 5.75 Å². The van der Waals surface area contributed by atoms with Crippen molar-refractivity contribution >= 4 is 26.0 Å². The Morgan fingerprint density at radius 1 is 1.03 bits per heavy atom. The van der Waals surface area contributed by atoms with Crippen LogP contribution in [0.1, 0.15) is 41.8 Å². The standard InChI is InChI=1S/C24H33N3O6S2/c1-4-26(5-2)35(31,32)23-11-8-19(9-12-23)24(28)25-14-6-16-34(29,30)27-15-13-20-17-22(33-3)10-7-21(20)18-27/h7-12,17H,4-6,13-16,18H2,1-3H3,(H,25,28). The minimum absolute atomic E-state index is 0.0696. The summed E-state index contributed by atoms with van der Waals surface area (Å²) < 4.78 is 58.8. The second-order valence-electron chi connectivity index (χ2n) is 8.26. The van der Waals surface area contributed by atoms with Crippen molar-refractivity contribution in [1.82, 2.24) is 13.9 Å². The summed E-state index contributed by atoms with van der Waals surface area (Å²) in [5, 5.41) is 2.71. The number of hydrogen-bond donors (Lipinski definition) is 1. The minimum Gasteiger partial charge on any atom is -0.497 e. The molecule has 0 fully saturated rings. The first-order valence-electron chi connectivity index (χ1n) is 11.6. The van der Waals surface area contributed by atoms with Gasteiger partial charge in [0.15, 0.2) is 0 Å². The Kier molecular flexibility index (Phi) is 8.92. The number of ether oxygens (including phenoxy) is 1. The number of benzene rings is 2. The second-order valence-corrected chi connectivity index (χ2v) is 12.3. The van der Waals surface area contributed by atoms with Crippen LogP contribution in [0.4, 0.5) is 0 Å². The summed E-state index contributed by atoms with van der Waals surface area (Å²) in [7, 11) is -5.45. The van der Waals surface area contributed by atoms with Gasteiger partial charge in [-0.15, -0.1) is 0 Å². The molecule has 0 aromatic heterocycles. The molecule has 1 aliphatic rings. The number of nitrogens with zero attached hydrogens (tertiary/aromatic N) is 2. The molecule has 1 amide bonds. The van der Waals surface area contributed by atoms with Crippen molar-refractivity contribution in [1.29, 1.82) is 0 Å². The van der Waals surface area contributed by atoms with Crippen molar-refractivity contribution < 1.29 is 26.4 Å². The highest BCUT2D eigenvalue weighted by atomic mass is 32.2. The summed E-state index contributed by atoms with van der Waals surface area (Å²) in [6.07, 6.45) is 0.900. The number of hydrogen-bond acceptors (Lipinski definition) is 6. The van der Waals surface area contributed by atoms with Crippen LogP contribution in [0.15, 0.2) is 47.4 Å². The number of methoxy groups -OCH3 is 1. The topological polar surface area (TPSA) is 113 Å². The lowest BCUT2D eigenvalue weighted by Crippen LogP contribution is -2.38. The molecule has 2 aromatic carbocycles. The van der Waals surface area contributed by atoms with Crippen LogP contribution < -0.4 is 10.1 Å². The predicted octanol–water partition coefficient (Wildman–Crippen LogP) is 2.23. The smallest absolute Gasteiger partial charge is 0.251 e. The Hall–Kier alpha value is -2.47. The van der Waals surface area contributed by atoms with Crippen LogP contribution in [0, 0.1) is 0 Å². The van der Waals surface area contributed by atoms with Crippen LogP contribution in [0.2, 0.25) is 0 Å². The van der Waals surface area contributed by atoms with Gasteiger partial charge in [-0.3, -0.25) is 4.79 Å². The van der Waals surface area contributed by atoms with E-state index in [1.807, 2.05) is 18.2 Å². The van der Waals surface area contributed by atoms with E-state index in [2.05, 4.69) is 5.32 Å². The van der Waals surface area contributed by atoms with Crippen molar-refractivity contribution in [3.8, 4) is 5.75 Å². The summed E-state index contributed by atoms with van der Waals surface area (Å²) in [6.45, 7) is 5.20. The molecule has 0 saturated carbocycles. The van der Waals surface area contributed by atoms with Crippen LogP contribution >= 0.6 is 0 Å². The lowest BCUT2D eigenvalue weighted by Gasteiger charge is -2.28. The fraction of sp³-hybridized carbons (Fsp3) is 0.458. The number of carbonyl (C=O) groups is 1. The molecule has 0 unspecified atom stereocenters. The maximum absolute atomic E-state index is 12.8. The highest BCUT2D eigenvalue weighted by molar-refractivity contribution is 7.89. The van der Waals surface area contributed by atoms with Gasteiger partial charge in [0.1, 0.15) is 5.75 Å². The molecular weight excluding hydrogens is 490 g/mol. The van der Waals surface area contributed by atoms with Crippen molar-refractivity contribution in [3.63, 3.8) is 0 Å². The average molecular weight is 524 g/mol. The molecule has 0 spiro atoms. The van der Waals surface area contributed by atoms with E-state index in [1.165, 1.54) is 32.9 Å². The van der Waals surface area contributed by atoms with E-state index in [-0.39, 0.29) is 29.5 Å². The summed E-state index contributed by atoms with van der Waals surface area (Å²) in [5.41, 5.74) is 2.38. The highest BCUT2D eigenvalue weighted by Crippen LogP contribution is 2.25. The second kappa shape index (κ2) is 11.5. The van der Waals surface area contributed by atoms with Gasteiger partial charge >= 0.3 is 0 Å². The lowest BCUT2D eigenvalue weighted by atomic mass is 10.0. The monoisotopic (exact) mass is 523 g/mol. The summed E-state index contributed by atoms with van der Waals surface area (Å²) in [5.74, 6) is 0.311. The Balaban J connectivity index is 1.51. The van der Waals surface area contributed by atoms with Crippen molar-refractivity contribution in [2.45, 2.75) is 38.1 Å². The van der Waals surface area contributed by atoms with Gasteiger partial charge in [-0.05, 0) is 60.4 Å². The molecule has 192 valence electrons. The van der Waals surface area contributed by atoms with E-state index < -0.39 is 20.0 Å². The first kappa shape index (κ1) is 27.1. The molecule has 1 N–H and O–H groups in total. The molecule has 9 nitrogen and oxygen atoms in total. The summed E-state index contributed by atoms with van der Waals surface area (Å²) in [4.78, 5) is 12.6. The van der Waals surface area contributed by atoms with Gasteiger partial charge in [0.25, 0.3) is 5.91 Å². The third-order valence-corrected chi connectivity index (χ3v) is 10.1. The van der Waals surface area contributed by atoms with E-state index in [0.717, 1.165) is 16.9 Å². The number of amides is 1. The molecule has 0 atom stereocenters. The van der Waals surface area contributed by atoms with Crippen molar-refractivity contribution in [2.75, 3.05) is 39.0 Å². The lowest BCUT2D eigenvalue weighted by molar-refractivity contribution is 0.0953. The van der Waals surface area contributed by atoms with Crippen molar-refractivity contribution in [3.05, 3.63) is 59.2 Å². The zero-order chi connectivity index (χ0) is 25.6. The van der Waals surface area contributed by atoms with Gasteiger partial charge in [-0.2, -0.15) is 8.61 Å². The Morgan fingerprint density at radius 2 is 1.71 bits per heavy atom. The van der Waals surface area contributed by atoms with Crippen molar-refractivity contribution in [2.24, 2.45) is 0 Å². The van der Waals surface area contributed by atoms with Gasteiger partial charge in [-0.1, -0.05) is 19.9 Å². The Bertz CT molecular complexity index is 1240. The minimum atomic E-state index is -3.59. The maximum atomic E-state index is 12.8. The normalized spacial score (nSPS) is 14.5. The Labute approximate surface area is 208 Å². The summed E-state index contributed by atoms with van der Waals surface area (Å²) >= 11 is 0. The van der Waals surface area contributed by atoms with Gasteiger partial charge in [-0.25, -0.2) is 16.8 Å². The van der Waals surface area contributed by atoms with Crippen LogP contribution in [0.25, 0.3) is 0 Å². The molecule has 2 aromatic rings. The van der Waals surface area contributed by atoms with Crippen LogP contribution in [-0.2, 0) is 33.0 Å². The molecule has 0 aliphatic carbocycles. The van der Waals surface area contributed by atoms with Gasteiger partial charge in [0, 0.05) is 38.3 Å². The van der Waals surface area contributed by atoms with E-state index in [0.29, 0.717) is 38.2 Å². The number of fused-ring (bicyclic) bond motifs is 1. The number of rotatable bonds is 11. The molecule has 0 bridgehead atoms. The average Bonchev–Trinajstić information content (AvgIpc) is 2.86. The zero-order valence-corrected chi connectivity index (χ0v) is 22.0. The Morgan fingerprint density at radius 3 is 2.34 bits per heavy atom. The molecule has 11 heteroatoms. The first-order chi connectivity index (χ1) is 16.6. The zero-order valence-electron chi connectivity index (χ0n) is 20.4. The fourth-order valence-electron chi connectivity index (χ4n) is 4.05. The van der Waals surface area contributed by atoms with Crippen LogP contribution in [-0.4, -0.2) is 70.4 Å². The predicted molar refractivity (Wildman–Crippen MR) is 134 cm³/mol. The number of carbonyl (C=O) groups excluding carboxylic acids is 1. The molecule has 35 heavy (non-hydrogen) atoms. The maximum Gasteiger partial charge on any atom is 0.251 e. The largest absolute Gasteiger partial charge is 0.497 e. The molecule has 3 rings (SSSR count). The molecule has 1 aliphatic heterocycles. The van der Waals surface area contributed by atoms with Gasteiger partial charge in [0.05, 0.1) is 17.8 Å². The highest BCUT2D eigenvalue weighted by Gasteiger charge is 2.27. The molecule has 0 radical (unpaired) electrons. The molecule has 0 saturated heterocycles. The first-order valence-corrected chi connectivity index (χ1v) is 14.7. The van der Waals surface area contributed by atoms with Gasteiger partial charge < -0.3 is 10.1 Å². The molecular formula is C24H33N3O6S2. The molecule has 1 heterocycles. The van der Waals surface area contributed by atoms with E-state index in [1.54, 1.807) is 21.0 Å². The van der Waals surface area contributed by atoms with E-state index >= 15 is 0 Å².